The van der Waals surface area contributed by atoms with Gasteiger partial charge in [0.25, 0.3) is 0 Å². The SMILES string of the molecule is C1CN1.CC.CC.CC(=O)CCCC(C)C.CC(C)CCCCC1CCC2C3CC=C4CCC(SCC=O)CCC4(C)C3CCC12C.CCN(C)CO. The molecule has 0 radical (unpaired) electrons. The minimum Gasteiger partial charge on any atom is -0.381 e. The van der Waals surface area contributed by atoms with Crippen molar-refractivity contribution in [3.05, 3.63) is 11.6 Å². The smallest absolute Gasteiger partial charge is 0.129 e. The van der Waals surface area contributed by atoms with Crippen molar-refractivity contribution in [3.63, 3.8) is 0 Å². The number of hydrogen-bond acceptors (Lipinski definition) is 6. The number of carbonyl (C=O) groups excluding carboxylic acids is 2. The van der Waals surface area contributed by atoms with Gasteiger partial charge >= 0.3 is 0 Å². The maximum atomic E-state index is 10.9. The molecular weight excluding hydrogens is 673 g/mol. The number of allylic oxidation sites excluding steroid dienone is 2. The summed E-state index contributed by atoms with van der Waals surface area (Å²) >= 11 is 1.92. The number of aliphatic hydroxyl groups is 1. The highest BCUT2D eigenvalue weighted by Gasteiger charge is 2.57. The Morgan fingerprint density at radius 3 is 2.08 bits per heavy atom. The van der Waals surface area contributed by atoms with Gasteiger partial charge in [-0.2, -0.15) is 11.8 Å². The normalized spacial score (nSPS) is 29.2. The first kappa shape index (κ1) is 52.3. The van der Waals surface area contributed by atoms with Crippen LogP contribution in [0.5, 0.6) is 0 Å². The van der Waals surface area contributed by atoms with Crippen LogP contribution in [-0.4, -0.2) is 66.5 Å². The zero-order valence-corrected chi connectivity index (χ0v) is 38.5. The number of ketones is 1. The molecule has 0 aromatic heterocycles. The van der Waals surface area contributed by atoms with Crippen LogP contribution in [0.1, 0.15) is 186 Å². The van der Waals surface area contributed by atoms with E-state index in [-0.39, 0.29) is 6.73 Å². The summed E-state index contributed by atoms with van der Waals surface area (Å²) in [6, 6.07) is 0. The van der Waals surface area contributed by atoms with Gasteiger partial charge in [-0.1, -0.05) is 113 Å². The maximum absolute atomic E-state index is 10.9. The molecule has 6 heteroatoms. The van der Waals surface area contributed by atoms with Gasteiger partial charge in [0, 0.05) is 30.5 Å². The minimum atomic E-state index is 0.163. The maximum Gasteiger partial charge on any atom is 0.129 e. The van der Waals surface area contributed by atoms with Crippen molar-refractivity contribution in [3.8, 4) is 0 Å². The third-order valence-electron chi connectivity index (χ3n) is 12.9. The van der Waals surface area contributed by atoms with E-state index in [1.54, 1.807) is 17.4 Å². The number of Topliss-reactive ketones (excluding diaryl/α,β-unsaturated/α-hetero) is 1. The van der Waals surface area contributed by atoms with Gasteiger partial charge < -0.3 is 20.0 Å². The van der Waals surface area contributed by atoms with Crippen LogP contribution >= 0.6 is 11.8 Å². The lowest BCUT2D eigenvalue weighted by molar-refractivity contribution is -0.117. The second-order valence-corrected chi connectivity index (χ2v) is 18.8. The summed E-state index contributed by atoms with van der Waals surface area (Å²) in [6.45, 7) is 29.7. The molecule has 0 spiro atoms. The van der Waals surface area contributed by atoms with Gasteiger partial charge in [0.15, 0.2) is 0 Å². The first-order valence-corrected chi connectivity index (χ1v) is 23.6. The van der Waals surface area contributed by atoms with Crippen LogP contribution in [0.2, 0.25) is 0 Å². The number of hydrogen-bond donors (Lipinski definition) is 2. The molecule has 1 saturated heterocycles. The zero-order chi connectivity index (χ0) is 40.5. The summed E-state index contributed by atoms with van der Waals surface area (Å²) in [6.07, 6.45) is 25.2. The van der Waals surface area contributed by atoms with Gasteiger partial charge in [-0.25, -0.2) is 0 Å². The van der Waals surface area contributed by atoms with Gasteiger partial charge in [0.2, 0.25) is 0 Å². The van der Waals surface area contributed by atoms with Crippen molar-refractivity contribution >= 4 is 23.8 Å². The van der Waals surface area contributed by atoms with Crippen LogP contribution in [-0.2, 0) is 9.59 Å². The molecule has 0 bridgehead atoms. The topological polar surface area (TPSA) is 79.6 Å². The number of carbonyl (C=O) groups is 2. The lowest BCUT2D eigenvalue weighted by Crippen LogP contribution is -2.48. The average Bonchev–Trinajstić information content (AvgIpc) is 4.01. The molecule has 0 amide bonds. The molecule has 5 nitrogen and oxygen atoms in total. The molecule has 0 aromatic carbocycles. The lowest BCUT2D eigenvalue weighted by atomic mass is 9.48. The number of fused-ring (bicyclic) bond motifs is 5. The Balaban J connectivity index is 0.00000101. The molecule has 0 aromatic rings. The first-order valence-electron chi connectivity index (χ1n) is 22.6. The minimum absolute atomic E-state index is 0.163. The molecule has 1 aliphatic heterocycles. The van der Waals surface area contributed by atoms with E-state index < -0.39 is 0 Å². The quantitative estimate of drug-likeness (QED) is 0.0603. The number of rotatable bonds is 14. The Labute approximate surface area is 335 Å². The van der Waals surface area contributed by atoms with Crippen LogP contribution < -0.4 is 5.32 Å². The fourth-order valence-corrected chi connectivity index (χ4v) is 10.5. The number of thioether (sulfide) groups is 1. The van der Waals surface area contributed by atoms with Gasteiger partial charge in [-0.05, 0) is 137 Å². The van der Waals surface area contributed by atoms with E-state index in [1.165, 1.54) is 103 Å². The number of unbranched alkanes of at least 4 members (excludes halogenated alkanes) is 1. The second-order valence-electron chi connectivity index (χ2n) is 17.5. The first-order chi connectivity index (χ1) is 25.3. The number of nitrogens with one attached hydrogen (secondary N) is 1. The summed E-state index contributed by atoms with van der Waals surface area (Å²) in [5.41, 5.74) is 2.86. The summed E-state index contributed by atoms with van der Waals surface area (Å²) in [7, 11) is 1.86. The lowest BCUT2D eigenvalue weighted by Gasteiger charge is -2.56. The van der Waals surface area contributed by atoms with Gasteiger partial charge in [0.05, 0.1) is 6.73 Å². The summed E-state index contributed by atoms with van der Waals surface area (Å²) in [5, 5.41) is 12.0. The van der Waals surface area contributed by atoms with Crippen molar-refractivity contribution in [1.82, 2.24) is 10.2 Å². The molecule has 7 unspecified atom stereocenters. The third kappa shape index (κ3) is 19.3. The van der Waals surface area contributed by atoms with Gasteiger partial charge in [-0.3, -0.25) is 4.90 Å². The molecule has 5 aliphatic rings. The molecule has 3 saturated carbocycles. The summed E-state index contributed by atoms with van der Waals surface area (Å²) in [4.78, 5) is 23.1. The van der Waals surface area contributed by atoms with E-state index in [2.05, 4.69) is 52.9 Å². The molecule has 2 N–H and O–H groups in total. The highest BCUT2D eigenvalue weighted by Crippen LogP contribution is 2.66. The van der Waals surface area contributed by atoms with Crippen molar-refractivity contribution < 1.29 is 14.7 Å². The molecule has 1 heterocycles. The standard InChI is InChI=1S/C29H48OS.C8H16O.C4H11NO.C2H5N.2C2H6/c1-21(2)7-5-6-8-22-11-14-26-25-13-10-23-9-12-24(31-20-19-30)15-17-28(23,3)27(25)16-18-29(22,26)4;1-7(2)5-4-6-8(3)9;1-3-5(2)4-6;1-2-3-1;2*1-2/h10,19,21-22,24-27H,5-9,11-18,20H2,1-4H3;7H,4-6H2,1-3H3;6H,3-4H2,1-2H3;3H,1-2H2;2*1-2H3. The van der Waals surface area contributed by atoms with E-state index in [0.717, 1.165) is 61.2 Å². The Morgan fingerprint density at radius 2 is 1.57 bits per heavy atom. The zero-order valence-electron chi connectivity index (χ0n) is 37.7. The fraction of sp³-hybridized carbons (Fsp3) is 0.915. The number of aliphatic hydroxyl groups excluding tert-OH is 1. The van der Waals surface area contributed by atoms with Gasteiger partial charge in [0.1, 0.15) is 12.1 Å². The van der Waals surface area contributed by atoms with Gasteiger partial charge in [-0.15, -0.1) is 0 Å². The molecule has 4 aliphatic carbocycles. The van der Waals surface area contributed by atoms with Crippen molar-refractivity contribution in [1.29, 1.82) is 0 Å². The number of aldehydes is 1. The van der Waals surface area contributed by atoms with E-state index in [0.29, 0.717) is 27.6 Å². The molecule has 5 rings (SSSR count). The predicted octanol–water partition coefficient (Wildman–Crippen LogP) is 12.4. The largest absolute Gasteiger partial charge is 0.381 e. The summed E-state index contributed by atoms with van der Waals surface area (Å²) < 4.78 is 0. The van der Waals surface area contributed by atoms with E-state index >= 15 is 0 Å². The monoisotopic (exact) mass is 765 g/mol. The molecule has 7 atom stereocenters. The Bertz CT molecular complexity index is 961. The third-order valence-corrected chi connectivity index (χ3v) is 14.1. The molecule has 4 fully saturated rings. The van der Waals surface area contributed by atoms with Crippen molar-refractivity contribution in [2.24, 2.45) is 46.3 Å². The highest BCUT2D eigenvalue weighted by atomic mass is 32.2. The van der Waals surface area contributed by atoms with E-state index in [1.807, 2.05) is 53.4 Å². The Morgan fingerprint density at radius 1 is 0.943 bits per heavy atom. The second kappa shape index (κ2) is 29.5. The molecular formula is C47H92N2O3S. The van der Waals surface area contributed by atoms with Crippen LogP contribution in [0.4, 0.5) is 0 Å². The fourth-order valence-electron chi connectivity index (χ4n) is 9.54. The van der Waals surface area contributed by atoms with E-state index in [9.17, 15) is 9.59 Å². The average molecular weight is 765 g/mol. The van der Waals surface area contributed by atoms with Crippen LogP contribution in [0.15, 0.2) is 11.6 Å². The summed E-state index contributed by atoms with van der Waals surface area (Å²) in [5.74, 6) is 6.42. The molecule has 53 heavy (non-hydrogen) atoms. The molecule has 314 valence electrons. The van der Waals surface area contributed by atoms with Crippen LogP contribution in [0.3, 0.4) is 0 Å². The highest BCUT2D eigenvalue weighted by molar-refractivity contribution is 8.00. The predicted molar refractivity (Wildman–Crippen MR) is 236 cm³/mol. The number of nitrogens with zero attached hydrogens (tertiary/aromatic N) is 1. The Hall–Kier alpha value is -0.690. The Kier molecular flexibility index (Phi) is 29.2. The van der Waals surface area contributed by atoms with Crippen molar-refractivity contribution in [2.45, 2.75) is 191 Å². The van der Waals surface area contributed by atoms with E-state index in [4.69, 9.17) is 5.11 Å². The van der Waals surface area contributed by atoms with Crippen LogP contribution in [0, 0.1) is 46.3 Å². The van der Waals surface area contributed by atoms with Crippen LogP contribution in [0.25, 0.3) is 0 Å². The van der Waals surface area contributed by atoms with Crippen molar-refractivity contribution in [2.75, 3.05) is 39.2 Å².